The summed E-state index contributed by atoms with van der Waals surface area (Å²) in [7, 11) is 1.09. The van der Waals surface area contributed by atoms with E-state index in [1.165, 1.54) is 0 Å². The highest BCUT2D eigenvalue weighted by molar-refractivity contribution is 7.43. The first-order valence-corrected chi connectivity index (χ1v) is 21.0. The normalized spacial score (nSPS) is 12.6. The molecule has 8 nitrogen and oxygen atoms in total. The van der Waals surface area contributed by atoms with Crippen molar-refractivity contribution in [1.82, 2.24) is 0 Å². The van der Waals surface area contributed by atoms with Gasteiger partial charge in [0.2, 0.25) is 0 Å². The third-order valence-electron chi connectivity index (χ3n) is 9.45. The molecule has 0 saturated carbocycles. The van der Waals surface area contributed by atoms with Gasteiger partial charge in [-0.05, 0) is 116 Å². The van der Waals surface area contributed by atoms with Crippen molar-refractivity contribution in [1.29, 1.82) is 0 Å². The van der Waals surface area contributed by atoms with Gasteiger partial charge in [-0.15, -0.1) is 0 Å². The Hall–Kier alpha value is -4.42. The van der Waals surface area contributed by atoms with Crippen molar-refractivity contribution in [3.63, 3.8) is 0 Å². The Morgan fingerprint density at radius 3 is 1.22 bits per heavy atom. The first-order chi connectivity index (χ1) is 26.5. The van der Waals surface area contributed by atoms with Crippen molar-refractivity contribution in [2.75, 3.05) is 14.2 Å². The summed E-state index contributed by atoms with van der Waals surface area (Å²) >= 11 is 0. The number of methoxy groups -OCH3 is 2. The highest BCUT2D eigenvalue weighted by Gasteiger charge is 2.35. The van der Waals surface area contributed by atoms with E-state index in [1.807, 2.05) is 70.2 Å². The van der Waals surface area contributed by atoms with Crippen LogP contribution in [0.3, 0.4) is 0 Å². The van der Waals surface area contributed by atoms with Gasteiger partial charge >= 0.3 is 14.8 Å². The fourth-order valence-electron chi connectivity index (χ4n) is 6.52. The number of ether oxygens (including phenoxy) is 4. The number of carbonyl (C=O) groups excluding carboxylic acids is 1. The number of carbonyl (C=O) groups is 1. The molecule has 4 aromatic rings. The number of hydrogen-bond donors (Lipinski definition) is 0. The largest absolute Gasteiger partial charge is 0.530 e. The molecular weight excluding hydrogens is 748 g/mol. The quantitative estimate of drug-likeness (QED) is 0.0889. The van der Waals surface area contributed by atoms with Gasteiger partial charge in [0, 0.05) is 33.4 Å². The zero-order chi connectivity index (χ0) is 43.8. The van der Waals surface area contributed by atoms with Crippen LogP contribution in [0.2, 0.25) is 0 Å². The molecule has 9 heteroatoms. The summed E-state index contributed by atoms with van der Waals surface area (Å²) in [4.78, 5) is 13.5. The Bertz CT molecular complexity index is 2030. The first kappa shape index (κ1) is 46.3. The molecular formula is C49H67O8P. The number of rotatable bonds is 10. The molecule has 0 bridgehead atoms. The Morgan fingerprint density at radius 2 is 0.862 bits per heavy atom. The van der Waals surface area contributed by atoms with Crippen LogP contribution in [-0.2, 0) is 26.4 Å². The third kappa shape index (κ3) is 11.6. The van der Waals surface area contributed by atoms with Crippen molar-refractivity contribution in [3.8, 4) is 45.6 Å². The lowest BCUT2D eigenvalue weighted by Gasteiger charge is -2.31. The molecule has 0 spiro atoms. The summed E-state index contributed by atoms with van der Waals surface area (Å²) in [5.74, 6) is 3.61. The Balaban J connectivity index is 2.09. The highest BCUT2D eigenvalue weighted by atomic mass is 31.2. The van der Waals surface area contributed by atoms with E-state index in [0.717, 1.165) is 50.4 Å². The second-order valence-corrected chi connectivity index (χ2v) is 21.2. The molecule has 4 aromatic carbocycles. The van der Waals surface area contributed by atoms with Crippen molar-refractivity contribution in [3.05, 3.63) is 94.0 Å². The molecule has 0 saturated heterocycles. The van der Waals surface area contributed by atoms with Crippen LogP contribution in [0.4, 0.5) is 4.79 Å². The minimum Gasteiger partial charge on any atom is -0.497 e. The van der Waals surface area contributed by atoms with Crippen molar-refractivity contribution in [2.45, 2.75) is 145 Å². The van der Waals surface area contributed by atoms with Gasteiger partial charge in [-0.3, -0.25) is 0 Å². The summed E-state index contributed by atoms with van der Waals surface area (Å²) in [6, 6.07) is 19.9. The molecule has 0 fully saturated rings. The van der Waals surface area contributed by atoms with Gasteiger partial charge in [-0.1, -0.05) is 95.2 Å². The topological polar surface area (TPSA) is 81.7 Å². The lowest BCUT2D eigenvalue weighted by molar-refractivity contribution is 0.0204. The number of aryl methyl sites for hydroxylation is 2. The molecule has 0 radical (unpaired) electrons. The predicted octanol–water partition coefficient (Wildman–Crippen LogP) is 14.3. The van der Waals surface area contributed by atoms with Gasteiger partial charge in [0.1, 0.15) is 40.1 Å². The molecule has 0 aliphatic heterocycles. The monoisotopic (exact) mass is 814 g/mol. The molecule has 0 heterocycles. The highest BCUT2D eigenvalue weighted by Crippen LogP contribution is 2.54. The molecule has 0 unspecified atom stereocenters. The SMILES string of the molecule is COc1ccc(OP(Oc2ccc(OC)cc2C(C)(C)C)Oc2c(-c3cc(C)cc(C(C)(C)C)c3OC(=O)OC(C)(C)C)cc(C)cc2C(C)(C)C)c(C(C)(C)C)c1. The molecule has 0 atom stereocenters. The summed E-state index contributed by atoms with van der Waals surface area (Å²) < 4.78 is 44.5. The minimum absolute atomic E-state index is 0.314. The van der Waals surface area contributed by atoms with Crippen LogP contribution in [0.1, 0.15) is 137 Å². The summed E-state index contributed by atoms with van der Waals surface area (Å²) in [6.45, 7) is 35.1. The zero-order valence-electron chi connectivity index (χ0n) is 38.5. The second kappa shape index (κ2) is 17.0. The maximum Gasteiger partial charge on any atom is 0.530 e. The molecule has 58 heavy (non-hydrogen) atoms. The summed E-state index contributed by atoms with van der Waals surface area (Å²) in [5.41, 5.74) is 4.89. The van der Waals surface area contributed by atoms with Crippen LogP contribution >= 0.6 is 8.60 Å². The fraction of sp³-hybridized carbons (Fsp3) is 0.490. The van der Waals surface area contributed by atoms with Crippen molar-refractivity contribution >= 4 is 14.8 Å². The van der Waals surface area contributed by atoms with Gasteiger partial charge < -0.3 is 32.5 Å². The fourth-order valence-corrected chi connectivity index (χ4v) is 7.61. The van der Waals surface area contributed by atoms with Crippen LogP contribution < -0.4 is 27.8 Å². The first-order valence-electron chi connectivity index (χ1n) is 19.9. The molecule has 0 aliphatic rings. The van der Waals surface area contributed by atoms with E-state index in [-0.39, 0.29) is 10.8 Å². The van der Waals surface area contributed by atoms with Crippen molar-refractivity contribution in [2.24, 2.45) is 0 Å². The van der Waals surface area contributed by atoms with Gasteiger partial charge in [0.05, 0.1) is 14.2 Å². The molecule has 0 N–H and O–H groups in total. The third-order valence-corrected chi connectivity index (χ3v) is 10.5. The van der Waals surface area contributed by atoms with Crippen LogP contribution in [0.5, 0.6) is 34.5 Å². The molecule has 4 rings (SSSR count). The van der Waals surface area contributed by atoms with Crippen LogP contribution in [0.25, 0.3) is 11.1 Å². The maximum atomic E-state index is 13.5. The molecule has 0 aromatic heterocycles. The van der Waals surface area contributed by atoms with E-state index < -0.39 is 31.2 Å². The van der Waals surface area contributed by atoms with E-state index in [2.05, 4.69) is 108 Å². The van der Waals surface area contributed by atoms with E-state index in [9.17, 15) is 4.79 Å². The molecule has 316 valence electrons. The van der Waals surface area contributed by atoms with Gasteiger partial charge in [-0.2, -0.15) is 0 Å². The average molecular weight is 815 g/mol. The van der Waals surface area contributed by atoms with Crippen LogP contribution in [0.15, 0.2) is 60.7 Å². The van der Waals surface area contributed by atoms with Gasteiger partial charge in [-0.25, -0.2) is 4.79 Å². The second-order valence-electron chi connectivity index (χ2n) is 20.2. The Labute approximate surface area is 349 Å². The summed E-state index contributed by atoms with van der Waals surface area (Å²) in [6.07, 6.45) is -0.786. The van der Waals surface area contributed by atoms with E-state index >= 15 is 0 Å². The smallest absolute Gasteiger partial charge is 0.497 e. The molecule has 0 aliphatic carbocycles. The van der Waals surface area contributed by atoms with Crippen LogP contribution in [0, 0.1) is 13.8 Å². The average Bonchev–Trinajstić information content (AvgIpc) is 3.07. The lowest BCUT2D eigenvalue weighted by Crippen LogP contribution is -2.27. The minimum atomic E-state index is -2.22. The Kier molecular flexibility index (Phi) is 13.6. The van der Waals surface area contributed by atoms with Crippen LogP contribution in [-0.4, -0.2) is 26.0 Å². The van der Waals surface area contributed by atoms with E-state index in [0.29, 0.717) is 28.6 Å². The lowest BCUT2D eigenvalue weighted by atomic mass is 9.80. The summed E-state index contributed by atoms with van der Waals surface area (Å²) in [5, 5.41) is 0. The standard InChI is InChI=1S/C49H67O8P/c1-30-24-34(42(38(26-30)47(9,10)11)53-44(50)54-49(15,16)17)35-25-31(2)27-39(48(12,13)14)43(35)57-58(55-40-22-20-32(51-18)28-36(40)45(3,4)5)56-41-23-21-33(52-19)29-37(41)46(6,7)8/h20-29H,1-19H3. The van der Waals surface area contributed by atoms with E-state index in [4.69, 9.17) is 32.5 Å². The maximum absolute atomic E-state index is 13.5. The van der Waals surface area contributed by atoms with Gasteiger partial charge in [0.25, 0.3) is 0 Å². The number of hydrogen-bond acceptors (Lipinski definition) is 8. The van der Waals surface area contributed by atoms with E-state index in [1.54, 1.807) is 14.2 Å². The predicted molar refractivity (Wildman–Crippen MR) is 238 cm³/mol. The Morgan fingerprint density at radius 1 is 0.483 bits per heavy atom. The zero-order valence-corrected chi connectivity index (χ0v) is 39.4. The van der Waals surface area contributed by atoms with Crippen molar-refractivity contribution < 1.29 is 37.3 Å². The molecule has 0 amide bonds. The number of benzene rings is 4. The van der Waals surface area contributed by atoms with Gasteiger partial charge in [0.15, 0.2) is 0 Å².